The van der Waals surface area contributed by atoms with Gasteiger partial charge in [0, 0.05) is 18.0 Å². The second-order valence-electron chi connectivity index (χ2n) is 3.81. The van der Waals surface area contributed by atoms with Gasteiger partial charge in [-0.1, -0.05) is 18.2 Å². The second kappa shape index (κ2) is 4.06. The number of hydrogen-bond donors (Lipinski definition) is 0. The van der Waals surface area contributed by atoms with Crippen LogP contribution < -0.4 is 4.74 Å². The van der Waals surface area contributed by atoms with Crippen LogP contribution in [0, 0.1) is 0 Å². The van der Waals surface area contributed by atoms with Crippen LogP contribution in [0.3, 0.4) is 0 Å². The Morgan fingerprint density at radius 1 is 1.31 bits per heavy atom. The lowest BCUT2D eigenvalue weighted by atomic mass is 10.2. The fraction of sp³-hybridized carbons (Fsp3) is 0.333. The molecule has 1 atom stereocenters. The molecule has 0 N–H and O–H groups in total. The Balaban J connectivity index is 1.86. The minimum absolute atomic E-state index is 0.0983. The van der Waals surface area contributed by atoms with Crippen molar-refractivity contribution < 1.29 is 9.47 Å². The van der Waals surface area contributed by atoms with E-state index in [0.29, 0.717) is 12.6 Å². The van der Waals surface area contributed by atoms with Crippen molar-refractivity contribution in [2.24, 2.45) is 0 Å². The molecule has 4 heteroatoms. The summed E-state index contributed by atoms with van der Waals surface area (Å²) in [7, 11) is 0. The molecule has 82 valence electrons. The summed E-state index contributed by atoms with van der Waals surface area (Å²) in [5.41, 5.74) is 0.909. The van der Waals surface area contributed by atoms with Gasteiger partial charge in [-0.05, 0) is 6.07 Å². The van der Waals surface area contributed by atoms with Crippen LogP contribution in [0.1, 0.15) is 6.42 Å². The molecule has 1 aliphatic rings. The summed E-state index contributed by atoms with van der Waals surface area (Å²) in [6, 6.07) is 8.30. The highest BCUT2D eigenvalue weighted by Gasteiger charge is 2.18. The van der Waals surface area contributed by atoms with Crippen LogP contribution in [0.5, 0.6) is 6.01 Å². The normalized spacial score (nSPS) is 20.1. The zero-order chi connectivity index (χ0) is 10.8. The monoisotopic (exact) mass is 216 g/mol. The average Bonchev–Trinajstić information content (AvgIpc) is 2.82. The van der Waals surface area contributed by atoms with Crippen molar-refractivity contribution in [1.29, 1.82) is 0 Å². The maximum Gasteiger partial charge on any atom is 0.317 e. The molecule has 2 heterocycles. The van der Waals surface area contributed by atoms with Gasteiger partial charge >= 0.3 is 6.01 Å². The van der Waals surface area contributed by atoms with Crippen LogP contribution in [0.4, 0.5) is 0 Å². The van der Waals surface area contributed by atoms with E-state index in [0.717, 1.165) is 23.9 Å². The van der Waals surface area contributed by atoms with Crippen LogP contribution in [0.15, 0.2) is 30.5 Å². The molecule has 0 radical (unpaired) electrons. The van der Waals surface area contributed by atoms with Gasteiger partial charge in [-0.2, -0.15) is 4.98 Å². The lowest BCUT2D eigenvalue weighted by molar-refractivity contribution is 0.134. The summed E-state index contributed by atoms with van der Waals surface area (Å²) >= 11 is 0. The van der Waals surface area contributed by atoms with E-state index in [9.17, 15) is 0 Å². The summed E-state index contributed by atoms with van der Waals surface area (Å²) in [5, 5.41) is 1.03. The van der Waals surface area contributed by atoms with E-state index in [2.05, 4.69) is 9.97 Å². The van der Waals surface area contributed by atoms with E-state index in [1.165, 1.54) is 0 Å². The van der Waals surface area contributed by atoms with Gasteiger partial charge in [0.2, 0.25) is 0 Å². The van der Waals surface area contributed by atoms with Crippen LogP contribution >= 0.6 is 0 Å². The molecule has 3 rings (SSSR count). The van der Waals surface area contributed by atoms with Crippen LogP contribution in [-0.2, 0) is 4.74 Å². The molecule has 16 heavy (non-hydrogen) atoms. The Morgan fingerprint density at radius 3 is 3.12 bits per heavy atom. The zero-order valence-corrected chi connectivity index (χ0v) is 8.80. The first-order chi connectivity index (χ1) is 7.92. The van der Waals surface area contributed by atoms with Crippen molar-refractivity contribution in [1.82, 2.24) is 9.97 Å². The first kappa shape index (κ1) is 9.54. The molecule has 1 aromatic carbocycles. The number of para-hydroxylation sites is 1. The second-order valence-corrected chi connectivity index (χ2v) is 3.81. The number of hydrogen-bond acceptors (Lipinski definition) is 4. The summed E-state index contributed by atoms with van der Waals surface area (Å²) < 4.78 is 10.9. The number of aromatic nitrogens is 2. The van der Waals surface area contributed by atoms with Gasteiger partial charge < -0.3 is 9.47 Å². The van der Waals surface area contributed by atoms with Crippen molar-refractivity contribution in [2.45, 2.75) is 12.5 Å². The smallest absolute Gasteiger partial charge is 0.317 e. The van der Waals surface area contributed by atoms with Crippen molar-refractivity contribution in [3.05, 3.63) is 30.5 Å². The molecule has 0 spiro atoms. The Bertz CT molecular complexity index is 495. The first-order valence-corrected chi connectivity index (χ1v) is 5.38. The first-order valence-electron chi connectivity index (χ1n) is 5.38. The molecule has 0 unspecified atom stereocenters. The van der Waals surface area contributed by atoms with Crippen molar-refractivity contribution in [2.75, 3.05) is 13.2 Å². The average molecular weight is 216 g/mol. The fourth-order valence-electron chi connectivity index (χ4n) is 1.77. The maximum absolute atomic E-state index is 5.64. The molecule has 1 fully saturated rings. The molecule has 0 amide bonds. The number of benzene rings is 1. The Kier molecular flexibility index (Phi) is 2.42. The lowest BCUT2D eigenvalue weighted by Crippen LogP contribution is -2.17. The highest BCUT2D eigenvalue weighted by Crippen LogP contribution is 2.16. The van der Waals surface area contributed by atoms with Crippen LogP contribution in [0.25, 0.3) is 10.9 Å². The Hall–Kier alpha value is -1.68. The minimum Gasteiger partial charge on any atom is -0.458 e. The summed E-state index contributed by atoms with van der Waals surface area (Å²) in [6.45, 7) is 1.40. The lowest BCUT2D eigenvalue weighted by Gasteiger charge is -2.09. The van der Waals surface area contributed by atoms with Gasteiger partial charge in [0.25, 0.3) is 0 Å². The zero-order valence-electron chi connectivity index (χ0n) is 8.80. The van der Waals surface area contributed by atoms with Crippen molar-refractivity contribution >= 4 is 10.9 Å². The quantitative estimate of drug-likeness (QED) is 0.767. The van der Waals surface area contributed by atoms with Gasteiger partial charge in [-0.3, -0.25) is 0 Å². The molecule has 0 saturated carbocycles. The van der Waals surface area contributed by atoms with E-state index in [-0.39, 0.29) is 6.10 Å². The van der Waals surface area contributed by atoms with Crippen LogP contribution in [-0.4, -0.2) is 29.3 Å². The topological polar surface area (TPSA) is 44.2 Å². The largest absolute Gasteiger partial charge is 0.458 e. The number of fused-ring (bicyclic) bond motifs is 1. The van der Waals surface area contributed by atoms with Gasteiger partial charge in [0.1, 0.15) is 6.10 Å². The Labute approximate surface area is 93.2 Å². The molecule has 1 saturated heterocycles. The van der Waals surface area contributed by atoms with Gasteiger partial charge in [-0.25, -0.2) is 4.98 Å². The molecular formula is C12H12N2O2. The van der Waals surface area contributed by atoms with E-state index in [1.54, 1.807) is 6.20 Å². The predicted octanol–water partition coefficient (Wildman–Crippen LogP) is 1.80. The SMILES string of the molecule is c1ccc2nc(O[C@@H]3CCOC3)ncc2c1. The van der Waals surface area contributed by atoms with E-state index in [1.807, 2.05) is 24.3 Å². The number of ether oxygens (including phenoxy) is 2. The van der Waals surface area contributed by atoms with Crippen molar-refractivity contribution in [3.63, 3.8) is 0 Å². The van der Waals surface area contributed by atoms with E-state index >= 15 is 0 Å². The standard InChI is InChI=1S/C12H12N2O2/c1-2-4-11-9(3-1)7-13-12(14-11)16-10-5-6-15-8-10/h1-4,7,10H,5-6,8H2/t10-/m1/s1. The summed E-state index contributed by atoms with van der Waals surface area (Å²) in [6.07, 6.45) is 2.80. The third-order valence-corrected chi connectivity index (χ3v) is 2.63. The Morgan fingerprint density at radius 2 is 2.25 bits per heavy atom. The maximum atomic E-state index is 5.64. The van der Waals surface area contributed by atoms with Gasteiger partial charge in [0.05, 0.1) is 18.7 Å². The molecular weight excluding hydrogens is 204 g/mol. The molecule has 0 aliphatic carbocycles. The van der Waals surface area contributed by atoms with Crippen molar-refractivity contribution in [3.8, 4) is 6.01 Å². The third-order valence-electron chi connectivity index (χ3n) is 2.63. The molecule has 4 nitrogen and oxygen atoms in total. The molecule has 2 aromatic rings. The van der Waals surface area contributed by atoms with Gasteiger partial charge in [-0.15, -0.1) is 0 Å². The summed E-state index contributed by atoms with van der Waals surface area (Å²) in [4.78, 5) is 8.53. The highest BCUT2D eigenvalue weighted by atomic mass is 16.6. The van der Waals surface area contributed by atoms with E-state index < -0.39 is 0 Å². The minimum atomic E-state index is 0.0983. The fourth-order valence-corrected chi connectivity index (χ4v) is 1.77. The van der Waals surface area contributed by atoms with E-state index in [4.69, 9.17) is 9.47 Å². The number of rotatable bonds is 2. The third kappa shape index (κ3) is 1.84. The van der Waals surface area contributed by atoms with Gasteiger partial charge in [0.15, 0.2) is 0 Å². The molecule has 1 aromatic heterocycles. The molecule has 1 aliphatic heterocycles. The number of nitrogens with zero attached hydrogens (tertiary/aromatic N) is 2. The predicted molar refractivity (Wildman–Crippen MR) is 59.4 cm³/mol. The highest BCUT2D eigenvalue weighted by molar-refractivity contribution is 5.77. The molecule has 0 bridgehead atoms. The van der Waals surface area contributed by atoms with Crippen LogP contribution in [0.2, 0.25) is 0 Å². The summed E-state index contributed by atoms with van der Waals surface area (Å²) in [5.74, 6) is 0.